The second-order valence-electron chi connectivity index (χ2n) is 4.71. The number of aromatic nitrogens is 1. The highest BCUT2D eigenvalue weighted by atomic mass is 35.5. The first-order valence-corrected chi connectivity index (χ1v) is 8.09. The van der Waals surface area contributed by atoms with E-state index in [1.807, 2.05) is 29.6 Å². The van der Waals surface area contributed by atoms with Gasteiger partial charge in [-0.2, -0.15) is 0 Å². The second kappa shape index (κ2) is 6.81. The van der Waals surface area contributed by atoms with E-state index in [0.717, 1.165) is 11.3 Å². The number of halogens is 1. The van der Waals surface area contributed by atoms with Crippen molar-refractivity contribution in [2.45, 2.75) is 0 Å². The minimum absolute atomic E-state index is 0.181. The molecule has 3 rings (SSSR count). The normalized spacial score (nSPS) is 10.3. The Morgan fingerprint density at radius 3 is 2.70 bits per heavy atom. The van der Waals surface area contributed by atoms with Crippen molar-refractivity contribution in [2.75, 3.05) is 12.4 Å². The molecule has 1 amide bonds. The van der Waals surface area contributed by atoms with Crippen LogP contribution in [0.3, 0.4) is 0 Å². The van der Waals surface area contributed by atoms with Gasteiger partial charge in [-0.25, -0.2) is 4.98 Å². The zero-order valence-corrected chi connectivity index (χ0v) is 13.8. The lowest BCUT2D eigenvalue weighted by molar-refractivity contribution is 0.102. The van der Waals surface area contributed by atoms with Crippen LogP contribution >= 0.6 is 22.9 Å². The largest absolute Gasteiger partial charge is 0.495 e. The fourth-order valence-corrected chi connectivity index (χ4v) is 3.02. The van der Waals surface area contributed by atoms with Gasteiger partial charge in [0.2, 0.25) is 0 Å². The molecular weight excluding hydrogens is 332 g/mol. The van der Waals surface area contributed by atoms with Crippen LogP contribution in [-0.2, 0) is 0 Å². The maximum absolute atomic E-state index is 12.1. The quantitative estimate of drug-likeness (QED) is 0.744. The smallest absolute Gasteiger partial charge is 0.257 e. The molecule has 23 heavy (non-hydrogen) atoms. The minimum atomic E-state index is -0.181. The highest BCUT2D eigenvalue weighted by molar-refractivity contribution is 7.14. The Balaban J connectivity index is 1.78. The predicted octanol–water partition coefficient (Wildman–Crippen LogP) is 4.72. The number of carbonyl (C=O) groups is 1. The van der Waals surface area contributed by atoms with Crippen molar-refractivity contribution >= 4 is 34.0 Å². The van der Waals surface area contributed by atoms with Crippen LogP contribution in [0.15, 0.2) is 53.9 Å². The molecule has 3 aromatic rings. The second-order valence-corrected chi connectivity index (χ2v) is 5.97. The Bertz CT molecular complexity index is 834. The maximum Gasteiger partial charge on any atom is 0.257 e. The monoisotopic (exact) mass is 344 g/mol. The molecule has 0 atom stereocenters. The van der Waals surface area contributed by atoms with Crippen molar-refractivity contribution in [3.8, 4) is 17.0 Å². The Hall–Kier alpha value is -2.37. The first kappa shape index (κ1) is 15.5. The molecule has 0 bridgehead atoms. The van der Waals surface area contributed by atoms with Gasteiger partial charge in [0, 0.05) is 16.5 Å². The molecule has 0 unspecified atom stereocenters. The number of nitrogens with zero attached hydrogens (tertiary/aromatic N) is 1. The van der Waals surface area contributed by atoms with E-state index in [4.69, 9.17) is 16.3 Å². The van der Waals surface area contributed by atoms with Gasteiger partial charge in [-0.15, -0.1) is 11.3 Å². The van der Waals surface area contributed by atoms with Gasteiger partial charge in [0.1, 0.15) is 5.75 Å². The van der Waals surface area contributed by atoms with Gasteiger partial charge >= 0.3 is 0 Å². The third-order valence-corrected chi connectivity index (χ3v) is 4.26. The number of nitrogens with one attached hydrogen (secondary N) is 1. The first-order valence-electron chi connectivity index (χ1n) is 6.83. The number of amides is 1. The first-order chi connectivity index (χ1) is 11.2. The van der Waals surface area contributed by atoms with Gasteiger partial charge in [0.25, 0.3) is 5.91 Å². The molecule has 0 aliphatic heterocycles. The molecule has 4 nitrogen and oxygen atoms in total. The van der Waals surface area contributed by atoms with Gasteiger partial charge in [0.05, 0.1) is 17.8 Å². The molecule has 2 aromatic carbocycles. The van der Waals surface area contributed by atoms with Crippen molar-refractivity contribution in [2.24, 2.45) is 0 Å². The van der Waals surface area contributed by atoms with Crippen molar-refractivity contribution in [1.29, 1.82) is 0 Å². The molecule has 116 valence electrons. The molecule has 0 radical (unpaired) electrons. The lowest BCUT2D eigenvalue weighted by Crippen LogP contribution is -2.11. The Labute approximate surface area is 142 Å². The van der Waals surface area contributed by atoms with Crippen LogP contribution in [0, 0.1) is 0 Å². The van der Waals surface area contributed by atoms with Crippen molar-refractivity contribution in [3.63, 3.8) is 0 Å². The number of carbonyl (C=O) groups excluding carboxylic acids is 1. The van der Waals surface area contributed by atoms with Crippen molar-refractivity contribution < 1.29 is 9.53 Å². The number of rotatable bonds is 4. The topological polar surface area (TPSA) is 51.2 Å². The molecule has 0 spiro atoms. The van der Waals surface area contributed by atoms with Crippen LogP contribution in [0.25, 0.3) is 11.3 Å². The number of thiazole rings is 1. The summed E-state index contributed by atoms with van der Waals surface area (Å²) < 4.78 is 5.14. The van der Waals surface area contributed by atoms with Gasteiger partial charge in [-0.05, 0) is 30.3 Å². The highest BCUT2D eigenvalue weighted by Crippen LogP contribution is 2.31. The van der Waals surface area contributed by atoms with Gasteiger partial charge in [-0.3, -0.25) is 10.1 Å². The number of hydrogen-bond donors (Lipinski definition) is 1. The van der Waals surface area contributed by atoms with Crippen LogP contribution in [0.1, 0.15) is 10.4 Å². The number of methoxy groups -OCH3 is 1. The third-order valence-electron chi connectivity index (χ3n) is 3.21. The molecule has 0 aliphatic rings. The van der Waals surface area contributed by atoms with Crippen LogP contribution < -0.4 is 10.1 Å². The lowest BCUT2D eigenvalue weighted by Gasteiger charge is -2.04. The molecule has 0 fully saturated rings. The fraction of sp³-hybridized carbons (Fsp3) is 0.0588. The van der Waals surface area contributed by atoms with E-state index in [9.17, 15) is 4.79 Å². The summed E-state index contributed by atoms with van der Waals surface area (Å²) in [6.45, 7) is 0. The number of benzene rings is 2. The average Bonchev–Trinajstić information content (AvgIpc) is 3.04. The van der Waals surface area contributed by atoms with Gasteiger partial charge in [-0.1, -0.05) is 29.8 Å². The molecular formula is C17H13ClN2O2S. The number of anilines is 1. The van der Waals surface area contributed by atoms with E-state index in [2.05, 4.69) is 10.3 Å². The number of ether oxygens (including phenoxy) is 1. The van der Waals surface area contributed by atoms with Crippen LogP contribution in [0.4, 0.5) is 5.13 Å². The number of hydrogen-bond acceptors (Lipinski definition) is 4. The van der Waals surface area contributed by atoms with Crippen molar-refractivity contribution in [3.05, 3.63) is 64.5 Å². The summed E-state index contributed by atoms with van der Waals surface area (Å²) in [5, 5.41) is 5.73. The van der Waals surface area contributed by atoms with E-state index in [0.29, 0.717) is 21.5 Å². The molecule has 1 N–H and O–H groups in total. The highest BCUT2D eigenvalue weighted by Gasteiger charge is 2.11. The summed E-state index contributed by atoms with van der Waals surface area (Å²) in [7, 11) is 1.57. The third kappa shape index (κ3) is 3.52. The predicted molar refractivity (Wildman–Crippen MR) is 93.5 cm³/mol. The van der Waals surface area contributed by atoms with Crippen LogP contribution in [-0.4, -0.2) is 18.0 Å². The maximum atomic E-state index is 12.1. The fourth-order valence-electron chi connectivity index (χ4n) is 2.05. The van der Waals surface area contributed by atoms with E-state index in [1.165, 1.54) is 11.3 Å². The summed E-state index contributed by atoms with van der Waals surface area (Å²) in [5.74, 6) is 0.433. The molecule has 1 heterocycles. The SMILES string of the molecule is COc1ccc(-c2csc(NC(=O)c3ccccc3)n2)cc1Cl. The van der Waals surface area contributed by atoms with E-state index in [-0.39, 0.29) is 5.91 Å². The minimum Gasteiger partial charge on any atom is -0.495 e. The average molecular weight is 345 g/mol. The summed E-state index contributed by atoms with van der Waals surface area (Å²) in [6.07, 6.45) is 0. The Morgan fingerprint density at radius 1 is 1.22 bits per heavy atom. The van der Waals surface area contributed by atoms with E-state index in [1.54, 1.807) is 31.4 Å². The zero-order valence-electron chi connectivity index (χ0n) is 12.2. The molecule has 0 saturated heterocycles. The van der Waals surface area contributed by atoms with Crippen LogP contribution in [0.2, 0.25) is 5.02 Å². The van der Waals surface area contributed by atoms with Gasteiger partial charge < -0.3 is 4.74 Å². The summed E-state index contributed by atoms with van der Waals surface area (Å²) in [4.78, 5) is 16.5. The van der Waals surface area contributed by atoms with Crippen molar-refractivity contribution in [1.82, 2.24) is 4.98 Å². The zero-order chi connectivity index (χ0) is 16.2. The van der Waals surface area contributed by atoms with Crippen LogP contribution in [0.5, 0.6) is 5.75 Å². The van der Waals surface area contributed by atoms with E-state index < -0.39 is 0 Å². The summed E-state index contributed by atoms with van der Waals surface area (Å²) >= 11 is 7.50. The summed E-state index contributed by atoms with van der Waals surface area (Å²) in [5.41, 5.74) is 2.21. The Morgan fingerprint density at radius 2 is 2.00 bits per heavy atom. The standard InChI is InChI=1S/C17H13ClN2O2S/c1-22-15-8-7-12(9-13(15)18)14-10-23-17(19-14)20-16(21)11-5-3-2-4-6-11/h2-10H,1H3,(H,19,20,21). The Kier molecular flexibility index (Phi) is 4.60. The molecule has 0 aliphatic carbocycles. The van der Waals surface area contributed by atoms with Gasteiger partial charge in [0.15, 0.2) is 5.13 Å². The summed E-state index contributed by atoms with van der Waals surface area (Å²) in [6, 6.07) is 14.5. The molecule has 1 aromatic heterocycles. The molecule has 0 saturated carbocycles. The van der Waals surface area contributed by atoms with E-state index >= 15 is 0 Å². The molecule has 6 heteroatoms. The lowest BCUT2D eigenvalue weighted by atomic mass is 10.2.